The second-order valence-electron chi connectivity index (χ2n) is 7.59. The molecule has 25 heavy (non-hydrogen) atoms. The molecule has 2 saturated heterocycles. The van der Waals surface area contributed by atoms with E-state index in [4.69, 9.17) is 0 Å². The van der Waals surface area contributed by atoms with Crippen molar-refractivity contribution < 1.29 is 4.79 Å². The Kier molecular flexibility index (Phi) is 3.90. The van der Waals surface area contributed by atoms with E-state index in [2.05, 4.69) is 51.6 Å². The molecule has 3 aliphatic heterocycles. The Balaban J connectivity index is 1.38. The van der Waals surface area contributed by atoms with E-state index in [9.17, 15) is 4.79 Å². The van der Waals surface area contributed by atoms with Gasteiger partial charge in [-0.1, -0.05) is 30.3 Å². The van der Waals surface area contributed by atoms with Gasteiger partial charge in [0.05, 0.1) is 5.92 Å². The van der Waals surface area contributed by atoms with E-state index in [0.29, 0.717) is 18.0 Å². The lowest BCUT2D eigenvalue weighted by atomic mass is 9.92. The highest BCUT2D eigenvalue weighted by Crippen LogP contribution is 2.45. The second kappa shape index (κ2) is 6.26. The lowest BCUT2D eigenvalue weighted by Crippen LogP contribution is -2.42. The third-order valence-corrected chi connectivity index (χ3v) is 7.33. The Morgan fingerprint density at radius 1 is 1.12 bits per heavy atom. The summed E-state index contributed by atoms with van der Waals surface area (Å²) in [5.74, 6) is 0.570. The van der Waals surface area contributed by atoms with Crippen LogP contribution in [-0.4, -0.2) is 34.8 Å². The van der Waals surface area contributed by atoms with E-state index in [1.807, 2.05) is 11.3 Å². The fraction of sp³-hybridized carbons (Fsp3) is 0.476. The topological polar surface area (TPSA) is 23.6 Å². The van der Waals surface area contributed by atoms with Gasteiger partial charge in [0.1, 0.15) is 0 Å². The maximum atomic E-state index is 13.4. The zero-order valence-electron chi connectivity index (χ0n) is 14.4. The summed E-state index contributed by atoms with van der Waals surface area (Å²) in [6.45, 7) is 2.85. The standard InChI is InChI=1S/C21H24N2OS/c24-21(22-11-8-20-16(14-22)9-12-25-20)17-13-19(15-5-2-1-3-6-15)23-10-4-7-18(17)23/h1-3,5-6,9,12,17-19H,4,7-8,10-11,13-14H2/t17-,18+,19-/m0/s1. The molecule has 3 nitrogen and oxygen atoms in total. The molecular weight excluding hydrogens is 328 g/mol. The molecule has 2 aromatic rings. The quantitative estimate of drug-likeness (QED) is 0.819. The van der Waals surface area contributed by atoms with E-state index in [0.717, 1.165) is 32.5 Å². The molecule has 0 spiro atoms. The Hall–Kier alpha value is -1.65. The van der Waals surface area contributed by atoms with Crippen LogP contribution < -0.4 is 0 Å². The van der Waals surface area contributed by atoms with Crippen LogP contribution in [0.2, 0.25) is 0 Å². The minimum atomic E-state index is 0.174. The molecule has 0 unspecified atom stereocenters. The monoisotopic (exact) mass is 352 g/mol. The van der Waals surface area contributed by atoms with Crippen LogP contribution in [0.25, 0.3) is 0 Å². The minimum Gasteiger partial charge on any atom is -0.338 e. The van der Waals surface area contributed by atoms with Gasteiger partial charge < -0.3 is 4.90 Å². The molecule has 2 fully saturated rings. The summed E-state index contributed by atoms with van der Waals surface area (Å²) >= 11 is 1.84. The van der Waals surface area contributed by atoms with Gasteiger partial charge >= 0.3 is 0 Å². The maximum absolute atomic E-state index is 13.4. The average molecular weight is 353 g/mol. The summed E-state index contributed by atoms with van der Waals surface area (Å²) in [5, 5.41) is 2.17. The molecule has 1 aromatic heterocycles. The molecule has 1 amide bonds. The van der Waals surface area contributed by atoms with Crippen molar-refractivity contribution in [3.05, 3.63) is 57.8 Å². The molecule has 4 heteroatoms. The highest BCUT2D eigenvalue weighted by Gasteiger charge is 2.48. The third kappa shape index (κ3) is 2.63. The molecule has 0 aliphatic carbocycles. The van der Waals surface area contributed by atoms with Crippen LogP contribution in [-0.2, 0) is 17.8 Å². The van der Waals surface area contributed by atoms with Crippen molar-refractivity contribution in [2.24, 2.45) is 5.92 Å². The lowest BCUT2D eigenvalue weighted by Gasteiger charge is -2.31. The lowest BCUT2D eigenvalue weighted by molar-refractivity contribution is -0.137. The number of hydrogen-bond donors (Lipinski definition) is 0. The predicted octanol–water partition coefficient (Wildman–Crippen LogP) is 3.86. The van der Waals surface area contributed by atoms with Crippen molar-refractivity contribution in [1.29, 1.82) is 0 Å². The molecule has 130 valence electrons. The van der Waals surface area contributed by atoms with Crippen molar-refractivity contribution in [3.8, 4) is 0 Å². The summed E-state index contributed by atoms with van der Waals surface area (Å²) in [5.41, 5.74) is 2.74. The molecule has 3 atom stereocenters. The minimum absolute atomic E-state index is 0.174. The number of rotatable bonds is 2. The third-order valence-electron chi connectivity index (χ3n) is 6.31. The van der Waals surface area contributed by atoms with Gasteiger partial charge in [0.25, 0.3) is 0 Å². The van der Waals surface area contributed by atoms with E-state index >= 15 is 0 Å². The van der Waals surface area contributed by atoms with Crippen molar-refractivity contribution in [3.63, 3.8) is 0 Å². The largest absolute Gasteiger partial charge is 0.338 e. The van der Waals surface area contributed by atoms with Gasteiger partial charge in [0, 0.05) is 30.1 Å². The SMILES string of the molecule is O=C([C@H]1C[C@@H](c2ccccc2)N2CCC[C@H]12)N1CCc2sccc2C1. The highest BCUT2D eigenvalue weighted by atomic mass is 32.1. The Morgan fingerprint density at radius 2 is 2.00 bits per heavy atom. The van der Waals surface area contributed by atoms with Crippen molar-refractivity contribution in [2.75, 3.05) is 13.1 Å². The summed E-state index contributed by atoms with van der Waals surface area (Å²) in [6.07, 6.45) is 4.42. The second-order valence-corrected chi connectivity index (χ2v) is 8.60. The number of carbonyl (C=O) groups is 1. The molecule has 4 heterocycles. The number of nitrogens with zero attached hydrogens (tertiary/aromatic N) is 2. The first-order valence-corrected chi connectivity index (χ1v) is 10.3. The van der Waals surface area contributed by atoms with E-state index < -0.39 is 0 Å². The van der Waals surface area contributed by atoms with Gasteiger partial charge in [-0.2, -0.15) is 0 Å². The van der Waals surface area contributed by atoms with E-state index in [1.165, 1.54) is 28.8 Å². The number of thiophene rings is 1. The predicted molar refractivity (Wildman–Crippen MR) is 100 cm³/mol. The fourth-order valence-electron chi connectivity index (χ4n) is 5.11. The van der Waals surface area contributed by atoms with E-state index in [-0.39, 0.29) is 5.92 Å². The molecule has 0 saturated carbocycles. The molecule has 3 aliphatic rings. The van der Waals surface area contributed by atoms with Gasteiger partial charge in [-0.05, 0) is 54.8 Å². The smallest absolute Gasteiger partial charge is 0.227 e. The van der Waals surface area contributed by atoms with Gasteiger partial charge in [-0.3, -0.25) is 9.69 Å². The van der Waals surface area contributed by atoms with Crippen LogP contribution in [0.3, 0.4) is 0 Å². The number of hydrogen-bond acceptors (Lipinski definition) is 3. The Bertz CT molecular complexity index is 771. The normalized spacial score (nSPS) is 28.8. The highest BCUT2D eigenvalue weighted by molar-refractivity contribution is 7.10. The summed E-state index contributed by atoms with van der Waals surface area (Å²) in [7, 11) is 0. The Labute approximate surface area is 153 Å². The van der Waals surface area contributed by atoms with Crippen molar-refractivity contribution >= 4 is 17.2 Å². The van der Waals surface area contributed by atoms with Gasteiger partial charge in [-0.15, -0.1) is 11.3 Å². The van der Waals surface area contributed by atoms with E-state index in [1.54, 1.807) is 0 Å². The van der Waals surface area contributed by atoms with Gasteiger partial charge in [-0.25, -0.2) is 0 Å². The van der Waals surface area contributed by atoms with Crippen LogP contribution in [0.5, 0.6) is 0 Å². The zero-order valence-corrected chi connectivity index (χ0v) is 15.3. The molecule has 0 N–H and O–H groups in total. The van der Waals surface area contributed by atoms with Crippen molar-refractivity contribution in [1.82, 2.24) is 9.80 Å². The van der Waals surface area contributed by atoms with Gasteiger partial charge in [0.2, 0.25) is 5.91 Å². The maximum Gasteiger partial charge on any atom is 0.227 e. The zero-order chi connectivity index (χ0) is 16.8. The average Bonchev–Trinajstić information content (AvgIpc) is 3.37. The van der Waals surface area contributed by atoms with Crippen LogP contribution in [0.1, 0.15) is 41.3 Å². The number of amides is 1. The van der Waals surface area contributed by atoms with Crippen LogP contribution >= 0.6 is 11.3 Å². The molecule has 1 aromatic carbocycles. The van der Waals surface area contributed by atoms with Crippen LogP contribution in [0, 0.1) is 5.92 Å². The number of fused-ring (bicyclic) bond motifs is 2. The van der Waals surface area contributed by atoms with Crippen LogP contribution in [0.4, 0.5) is 0 Å². The molecular formula is C21H24N2OS. The number of benzene rings is 1. The first-order chi connectivity index (χ1) is 12.3. The fourth-order valence-corrected chi connectivity index (χ4v) is 6.00. The molecule has 0 bridgehead atoms. The summed E-state index contributed by atoms with van der Waals surface area (Å²) < 4.78 is 0. The van der Waals surface area contributed by atoms with Gasteiger partial charge in [0.15, 0.2) is 0 Å². The first-order valence-electron chi connectivity index (χ1n) is 9.46. The summed E-state index contributed by atoms with van der Waals surface area (Å²) in [4.78, 5) is 19.6. The Morgan fingerprint density at radius 3 is 2.88 bits per heavy atom. The first kappa shape index (κ1) is 15.6. The van der Waals surface area contributed by atoms with Crippen LogP contribution in [0.15, 0.2) is 41.8 Å². The van der Waals surface area contributed by atoms with Crippen molar-refractivity contribution in [2.45, 2.75) is 44.3 Å². The number of carbonyl (C=O) groups excluding carboxylic acids is 1. The molecule has 5 rings (SSSR count). The summed E-state index contributed by atoms with van der Waals surface area (Å²) in [6, 6.07) is 13.8. The molecule has 0 radical (unpaired) electrons.